The summed E-state index contributed by atoms with van der Waals surface area (Å²) in [5.74, 6) is 1.39. The van der Waals surface area contributed by atoms with Gasteiger partial charge in [0.1, 0.15) is 5.01 Å². The number of benzene rings is 2. The highest BCUT2D eigenvalue weighted by Crippen LogP contribution is 2.31. The van der Waals surface area contributed by atoms with Gasteiger partial charge in [-0.1, -0.05) is 42.0 Å². The van der Waals surface area contributed by atoms with Crippen molar-refractivity contribution in [2.45, 2.75) is 19.8 Å². The molecule has 0 fully saturated rings. The molecular weight excluding hydrogens is 406 g/mol. The first-order valence-electron chi connectivity index (χ1n) is 10.4. The number of hydrogen-bond donors (Lipinski definition) is 0. The van der Waals surface area contributed by atoms with E-state index in [-0.39, 0.29) is 12.3 Å². The zero-order chi connectivity index (χ0) is 21.4. The van der Waals surface area contributed by atoms with Crippen molar-refractivity contribution in [1.29, 1.82) is 0 Å². The van der Waals surface area contributed by atoms with Crippen LogP contribution in [0.2, 0.25) is 0 Å². The molecule has 0 atom stereocenters. The second kappa shape index (κ2) is 8.07. The third-order valence-electron chi connectivity index (χ3n) is 5.51. The number of hydrogen-bond acceptors (Lipinski definition) is 6. The van der Waals surface area contributed by atoms with Crippen molar-refractivity contribution < 1.29 is 4.79 Å². The fourth-order valence-corrected chi connectivity index (χ4v) is 4.63. The molecule has 0 saturated carbocycles. The Bertz CT molecular complexity index is 1250. The van der Waals surface area contributed by atoms with Crippen molar-refractivity contribution in [2.24, 2.45) is 0 Å². The minimum Gasteiger partial charge on any atom is -0.357 e. The Labute approximate surface area is 185 Å². The SMILES string of the molecule is Cc1ccc(-c2nc(CC(=O)N3CCCN(C)c4nc5ccccc5nc43)cs2)cc1. The molecule has 0 N–H and O–H groups in total. The minimum absolute atomic E-state index is 0.00175. The van der Waals surface area contributed by atoms with E-state index in [4.69, 9.17) is 15.0 Å². The summed E-state index contributed by atoms with van der Waals surface area (Å²) >= 11 is 1.57. The van der Waals surface area contributed by atoms with Gasteiger partial charge in [0, 0.05) is 31.1 Å². The third kappa shape index (κ3) is 3.88. The van der Waals surface area contributed by atoms with Crippen molar-refractivity contribution in [2.75, 3.05) is 29.9 Å². The molecule has 4 aromatic rings. The first-order chi connectivity index (χ1) is 15.1. The van der Waals surface area contributed by atoms with Gasteiger partial charge in [0.05, 0.1) is 23.1 Å². The van der Waals surface area contributed by atoms with Crippen LogP contribution < -0.4 is 9.80 Å². The lowest BCUT2D eigenvalue weighted by Crippen LogP contribution is -2.33. The molecular formula is C24H23N5OS. The highest BCUT2D eigenvalue weighted by atomic mass is 32.1. The Morgan fingerprint density at radius 2 is 1.68 bits per heavy atom. The maximum Gasteiger partial charge on any atom is 0.234 e. The van der Waals surface area contributed by atoms with Gasteiger partial charge >= 0.3 is 0 Å². The molecule has 1 amide bonds. The van der Waals surface area contributed by atoms with Crippen molar-refractivity contribution in [1.82, 2.24) is 15.0 Å². The van der Waals surface area contributed by atoms with Gasteiger partial charge in [-0.15, -0.1) is 11.3 Å². The van der Waals surface area contributed by atoms with Crippen LogP contribution in [0, 0.1) is 6.92 Å². The smallest absolute Gasteiger partial charge is 0.234 e. The summed E-state index contributed by atoms with van der Waals surface area (Å²) in [5, 5.41) is 2.91. The second-order valence-electron chi connectivity index (χ2n) is 7.87. The standard InChI is InChI=1S/C24H23N5OS/c1-16-8-10-17(11-9-16)24-25-18(15-31-24)14-21(30)29-13-5-12-28(2)22-23(29)27-20-7-4-3-6-19(20)26-22/h3-4,6-11,15H,5,12-14H2,1-2H3. The van der Waals surface area contributed by atoms with Crippen LogP contribution in [0.15, 0.2) is 53.9 Å². The molecule has 0 spiro atoms. The van der Waals surface area contributed by atoms with Crippen LogP contribution in [0.3, 0.4) is 0 Å². The molecule has 3 heterocycles. The number of anilines is 2. The van der Waals surface area contributed by atoms with E-state index in [0.717, 1.165) is 46.1 Å². The Morgan fingerprint density at radius 3 is 2.42 bits per heavy atom. The molecule has 156 valence electrons. The summed E-state index contributed by atoms with van der Waals surface area (Å²) in [6.45, 7) is 3.52. The highest BCUT2D eigenvalue weighted by molar-refractivity contribution is 7.13. The Hall–Kier alpha value is -3.32. The number of rotatable bonds is 3. The lowest BCUT2D eigenvalue weighted by atomic mass is 10.2. The summed E-state index contributed by atoms with van der Waals surface area (Å²) in [6, 6.07) is 16.1. The largest absolute Gasteiger partial charge is 0.357 e. The maximum absolute atomic E-state index is 13.3. The average Bonchev–Trinajstić information content (AvgIpc) is 3.18. The van der Waals surface area contributed by atoms with Crippen molar-refractivity contribution in [3.63, 3.8) is 0 Å². The van der Waals surface area contributed by atoms with Crippen LogP contribution >= 0.6 is 11.3 Å². The molecule has 2 aromatic carbocycles. The predicted molar refractivity (Wildman–Crippen MR) is 126 cm³/mol. The number of nitrogens with zero attached hydrogens (tertiary/aromatic N) is 5. The van der Waals surface area contributed by atoms with Crippen molar-refractivity contribution in [3.05, 3.63) is 65.2 Å². The number of thiazole rings is 1. The van der Waals surface area contributed by atoms with Crippen LogP contribution in [-0.2, 0) is 11.2 Å². The molecule has 0 unspecified atom stereocenters. The topological polar surface area (TPSA) is 62.2 Å². The van der Waals surface area contributed by atoms with E-state index in [9.17, 15) is 4.79 Å². The zero-order valence-electron chi connectivity index (χ0n) is 17.6. The normalized spacial score (nSPS) is 13.9. The van der Waals surface area contributed by atoms with E-state index in [0.29, 0.717) is 12.4 Å². The monoisotopic (exact) mass is 429 g/mol. The number of aryl methyl sites for hydroxylation is 1. The minimum atomic E-state index is 0.00175. The predicted octanol–water partition coefficient (Wildman–Crippen LogP) is 4.48. The van der Waals surface area contributed by atoms with Gasteiger partial charge in [0.25, 0.3) is 0 Å². The number of carbonyl (C=O) groups excluding carboxylic acids is 1. The van der Waals surface area contributed by atoms with E-state index in [1.807, 2.05) is 36.7 Å². The molecule has 2 aromatic heterocycles. The Kier molecular flexibility index (Phi) is 5.11. The van der Waals surface area contributed by atoms with Gasteiger partial charge in [0.2, 0.25) is 5.91 Å². The fraction of sp³-hybridized carbons (Fsp3) is 0.250. The van der Waals surface area contributed by atoms with E-state index < -0.39 is 0 Å². The third-order valence-corrected chi connectivity index (χ3v) is 6.45. The number of fused-ring (bicyclic) bond motifs is 2. The summed E-state index contributed by atoms with van der Waals surface area (Å²) < 4.78 is 0. The molecule has 1 aliphatic heterocycles. The Morgan fingerprint density at radius 1 is 0.968 bits per heavy atom. The molecule has 5 rings (SSSR count). The van der Waals surface area contributed by atoms with Gasteiger partial charge in [-0.2, -0.15) is 0 Å². The quantitative estimate of drug-likeness (QED) is 0.481. The first-order valence-corrected chi connectivity index (χ1v) is 11.3. The number of aromatic nitrogens is 3. The van der Waals surface area contributed by atoms with Crippen LogP contribution in [0.25, 0.3) is 21.6 Å². The van der Waals surface area contributed by atoms with Crippen molar-refractivity contribution in [3.8, 4) is 10.6 Å². The molecule has 0 bridgehead atoms. The second-order valence-corrected chi connectivity index (χ2v) is 8.72. The zero-order valence-corrected chi connectivity index (χ0v) is 18.4. The molecule has 0 saturated heterocycles. The first kappa shape index (κ1) is 19.6. The van der Waals surface area contributed by atoms with Gasteiger partial charge in [0.15, 0.2) is 11.6 Å². The Balaban J connectivity index is 1.44. The molecule has 31 heavy (non-hydrogen) atoms. The highest BCUT2D eigenvalue weighted by Gasteiger charge is 2.27. The average molecular weight is 430 g/mol. The number of carbonyl (C=O) groups is 1. The maximum atomic E-state index is 13.3. The molecule has 6 nitrogen and oxygen atoms in total. The van der Waals surface area contributed by atoms with Crippen LogP contribution in [0.5, 0.6) is 0 Å². The van der Waals surface area contributed by atoms with E-state index in [2.05, 4.69) is 36.1 Å². The molecule has 7 heteroatoms. The lowest BCUT2D eigenvalue weighted by molar-refractivity contribution is -0.118. The summed E-state index contributed by atoms with van der Waals surface area (Å²) in [6.07, 6.45) is 1.11. The van der Waals surface area contributed by atoms with E-state index in [1.54, 1.807) is 16.2 Å². The molecule has 0 aliphatic carbocycles. The van der Waals surface area contributed by atoms with Gasteiger partial charge in [-0.05, 0) is 25.5 Å². The fourth-order valence-electron chi connectivity index (χ4n) is 3.81. The van der Waals surface area contributed by atoms with Gasteiger partial charge in [-0.3, -0.25) is 9.69 Å². The van der Waals surface area contributed by atoms with Crippen LogP contribution in [0.1, 0.15) is 17.7 Å². The summed E-state index contributed by atoms with van der Waals surface area (Å²) in [7, 11) is 2.00. The summed E-state index contributed by atoms with van der Waals surface area (Å²) in [4.78, 5) is 31.5. The number of para-hydroxylation sites is 2. The van der Waals surface area contributed by atoms with E-state index in [1.165, 1.54) is 5.56 Å². The van der Waals surface area contributed by atoms with Crippen LogP contribution in [-0.4, -0.2) is 41.0 Å². The van der Waals surface area contributed by atoms with E-state index >= 15 is 0 Å². The molecule has 1 aliphatic rings. The molecule has 0 radical (unpaired) electrons. The van der Waals surface area contributed by atoms with Crippen LogP contribution in [0.4, 0.5) is 11.6 Å². The number of amides is 1. The van der Waals surface area contributed by atoms with Gasteiger partial charge < -0.3 is 4.90 Å². The van der Waals surface area contributed by atoms with Crippen molar-refractivity contribution >= 4 is 39.9 Å². The van der Waals surface area contributed by atoms with Gasteiger partial charge in [-0.25, -0.2) is 15.0 Å². The summed E-state index contributed by atoms with van der Waals surface area (Å²) in [5.41, 5.74) is 4.72. The lowest BCUT2D eigenvalue weighted by Gasteiger charge is -2.22.